The van der Waals surface area contributed by atoms with Gasteiger partial charge in [-0.15, -0.1) is 0 Å². The van der Waals surface area contributed by atoms with E-state index in [1.807, 2.05) is 44.2 Å². The topological polar surface area (TPSA) is 33.0 Å². The van der Waals surface area contributed by atoms with Gasteiger partial charge >= 0.3 is 0 Å². The van der Waals surface area contributed by atoms with Gasteiger partial charge in [0.05, 0.1) is 11.6 Å². The second kappa shape index (κ2) is 5.90. The molecule has 0 aliphatic rings. The standard InChI is InChI=1S/C16H14BrNO/c1-11-8-16(12(2)7-15(11)17)19-10-14-6-4-3-5-13(14)9-18/h3-8H,10H2,1-2H3. The van der Waals surface area contributed by atoms with Crippen LogP contribution in [0.2, 0.25) is 0 Å². The zero-order chi connectivity index (χ0) is 13.8. The van der Waals surface area contributed by atoms with Crippen molar-refractivity contribution in [2.24, 2.45) is 0 Å². The van der Waals surface area contributed by atoms with Crippen molar-refractivity contribution in [3.05, 3.63) is 63.1 Å². The summed E-state index contributed by atoms with van der Waals surface area (Å²) < 4.78 is 6.91. The van der Waals surface area contributed by atoms with Gasteiger partial charge in [0.25, 0.3) is 0 Å². The second-order valence-electron chi connectivity index (χ2n) is 4.42. The summed E-state index contributed by atoms with van der Waals surface area (Å²) in [6.45, 7) is 4.45. The van der Waals surface area contributed by atoms with Gasteiger partial charge in [-0.1, -0.05) is 34.1 Å². The number of aryl methyl sites for hydroxylation is 2. The van der Waals surface area contributed by atoms with E-state index in [2.05, 4.69) is 22.0 Å². The predicted octanol–water partition coefficient (Wildman–Crippen LogP) is 4.52. The molecule has 0 spiro atoms. The molecular weight excluding hydrogens is 302 g/mol. The molecule has 2 nitrogen and oxygen atoms in total. The summed E-state index contributed by atoms with van der Waals surface area (Å²) in [4.78, 5) is 0. The molecule has 96 valence electrons. The average molecular weight is 316 g/mol. The van der Waals surface area contributed by atoms with Crippen LogP contribution in [0.1, 0.15) is 22.3 Å². The SMILES string of the molecule is Cc1cc(OCc2ccccc2C#N)c(C)cc1Br. The Labute approximate surface area is 121 Å². The molecule has 0 unspecified atom stereocenters. The highest BCUT2D eigenvalue weighted by molar-refractivity contribution is 9.10. The van der Waals surface area contributed by atoms with Crippen LogP contribution in [0.5, 0.6) is 5.75 Å². The van der Waals surface area contributed by atoms with Crippen molar-refractivity contribution >= 4 is 15.9 Å². The first-order chi connectivity index (χ1) is 9.11. The Morgan fingerprint density at radius 1 is 1.16 bits per heavy atom. The summed E-state index contributed by atoms with van der Waals surface area (Å²) in [5.74, 6) is 0.855. The van der Waals surface area contributed by atoms with E-state index in [0.717, 1.165) is 26.9 Å². The smallest absolute Gasteiger partial charge is 0.123 e. The largest absolute Gasteiger partial charge is 0.489 e. The van der Waals surface area contributed by atoms with Crippen LogP contribution in [-0.4, -0.2) is 0 Å². The van der Waals surface area contributed by atoms with E-state index < -0.39 is 0 Å². The van der Waals surface area contributed by atoms with Crippen LogP contribution in [0, 0.1) is 25.2 Å². The van der Waals surface area contributed by atoms with Gasteiger partial charge in [0, 0.05) is 10.0 Å². The van der Waals surface area contributed by atoms with Crippen molar-refractivity contribution in [3.8, 4) is 11.8 Å². The first kappa shape index (κ1) is 13.6. The van der Waals surface area contributed by atoms with Gasteiger partial charge in [-0.05, 0) is 43.2 Å². The van der Waals surface area contributed by atoms with Crippen molar-refractivity contribution in [1.29, 1.82) is 5.26 Å². The van der Waals surface area contributed by atoms with Gasteiger partial charge in [0.1, 0.15) is 12.4 Å². The van der Waals surface area contributed by atoms with Crippen LogP contribution < -0.4 is 4.74 Å². The van der Waals surface area contributed by atoms with Crippen LogP contribution in [0.15, 0.2) is 40.9 Å². The summed E-state index contributed by atoms with van der Waals surface area (Å²) in [5.41, 5.74) is 3.78. The van der Waals surface area contributed by atoms with Crippen LogP contribution in [0.4, 0.5) is 0 Å². The molecule has 0 aromatic heterocycles. The number of ether oxygens (including phenoxy) is 1. The lowest BCUT2D eigenvalue weighted by molar-refractivity contribution is 0.303. The molecule has 2 aromatic carbocycles. The minimum Gasteiger partial charge on any atom is -0.489 e. The molecule has 0 aliphatic carbocycles. The van der Waals surface area contributed by atoms with E-state index in [4.69, 9.17) is 10.00 Å². The lowest BCUT2D eigenvalue weighted by atomic mass is 10.1. The van der Waals surface area contributed by atoms with E-state index in [1.165, 1.54) is 0 Å². The van der Waals surface area contributed by atoms with Crippen LogP contribution in [0.3, 0.4) is 0 Å². The van der Waals surface area contributed by atoms with Crippen LogP contribution >= 0.6 is 15.9 Å². The second-order valence-corrected chi connectivity index (χ2v) is 5.28. The summed E-state index contributed by atoms with van der Waals surface area (Å²) in [6.07, 6.45) is 0. The highest BCUT2D eigenvalue weighted by Crippen LogP contribution is 2.27. The molecule has 19 heavy (non-hydrogen) atoms. The first-order valence-corrected chi connectivity index (χ1v) is 6.78. The molecule has 0 amide bonds. The Hall–Kier alpha value is -1.79. The Bertz CT molecular complexity index is 644. The van der Waals surface area contributed by atoms with E-state index in [-0.39, 0.29) is 0 Å². The number of halogens is 1. The lowest BCUT2D eigenvalue weighted by Crippen LogP contribution is -2.00. The molecular formula is C16H14BrNO. The van der Waals surface area contributed by atoms with Gasteiger partial charge in [0.2, 0.25) is 0 Å². The molecule has 0 aliphatic heterocycles. The summed E-state index contributed by atoms with van der Waals surface area (Å²) in [7, 11) is 0. The molecule has 0 saturated carbocycles. The summed E-state index contributed by atoms with van der Waals surface area (Å²) in [6, 6.07) is 13.7. The molecule has 0 saturated heterocycles. The van der Waals surface area contributed by atoms with Crippen LogP contribution in [-0.2, 0) is 6.61 Å². The van der Waals surface area contributed by atoms with Crippen molar-refractivity contribution < 1.29 is 4.74 Å². The van der Waals surface area contributed by atoms with Gasteiger partial charge in [-0.2, -0.15) is 5.26 Å². The number of hydrogen-bond acceptors (Lipinski definition) is 2. The maximum atomic E-state index is 9.04. The van der Waals surface area contributed by atoms with Crippen LogP contribution in [0.25, 0.3) is 0 Å². The quantitative estimate of drug-likeness (QED) is 0.834. The zero-order valence-electron chi connectivity index (χ0n) is 10.9. The Kier molecular flexibility index (Phi) is 4.24. The van der Waals surface area contributed by atoms with E-state index >= 15 is 0 Å². The Morgan fingerprint density at radius 2 is 1.89 bits per heavy atom. The van der Waals surface area contributed by atoms with E-state index in [1.54, 1.807) is 6.07 Å². The maximum absolute atomic E-state index is 9.04. The normalized spacial score (nSPS) is 10.0. The zero-order valence-corrected chi connectivity index (χ0v) is 12.5. The van der Waals surface area contributed by atoms with E-state index in [0.29, 0.717) is 12.2 Å². The van der Waals surface area contributed by atoms with Crippen molar-refractivity contribution in [1.82, 2.24) is 0 Å². The molecule has 0 radical (unpaired) electrons. The van der Waals surface area contributed by atoms with Gasteiger partial charge in [-0.3, -0.25) is 0 Å². The fourth-order valence-corrected chi connectivity index (χ4v) is 2.28. The van der Waals surface area contributed by atoms with Gasteiger partial charge < -0.3 is 4.74 Å². The number of benzene rings is 2. The highest BCUT2D eigenvalue weighted by atomic mass is 79.9. The summed E-state index contributed by atoms with van der Waals surface area (Å²) >= 11 is 3.50. The van der Waals surface area contributed by atoms with Crippen molar-refractivity contribution in [2.75, 3.05) is 0 Å². The molecule has 0 fully saturated rings. The average Bonchev–Trinajstić information content (AvgIpc) is 2.41. The van der Waals surface area contributed by atoms with E-state index in [9.17, 15) is 0 Å². The number of hydrogen-bond donors (Lipinski definition) is 0. The fraction of sp³-hybridized carbons (Fsp3) is 0.188. The van der Waals surface area contributed by atoms with Gasteiger partial charge in [-0.25, -0.2) is 0 Å². The van der Waals surface area contributed by atoms with Crippen molar-refractivity contribution in [2.45, 2.75) is 20.5 Å². The minimum atomic E-state index is 0.408. The number of rotatable bonds is 3. The molecule has 2 rings (SSSR count). The minimum absolute atomic E-state index is 0.408. The first-order valence-electron chi connectivity index (χ1n) is 5.99. The van der Waals surface area contributed by atoms with Crippen molar-refractivity contribution in [3.63, 3.8) is 0 Å². The number of nitriles is 1. The Balaban J connectivity index is 2.20. The number of nitrogens with zero attached hydrogens (tertiary/aromatic N) is 1. The molecule has 0 atom stereocenters. The lowest BCUT2D eigenvalue weighted by Gasteiger charge is -2.12. The molecule has 0 N–H and O–H groups in total. The maximum Gasteiger partial charge on any atom is 0.123 e. The third kappa shape index (κ3) is 3.15. The molecule has 2 aromatic rings. The third-order valence-electron chi connectivity index (χ3n) is 2.98. The monoisotopic (exact) mass is 315 g/mol. The highest BCUT2D eigenvalue weighted by Gasteiger charge is 2.06. The summed E-state index contributed by atoms with van der Waals surface area (Å²) in [5, 5.41) is 9.04. The third-order valence-corrected chi connectivity index (χ3v) is 3.83. The van der Waals surface area contributed by atoms with Gasteiger partial charge in [0.15, 0.2) is 0 Å². The molecule has 0 bridgehead atoms. The predicted molar refractivity (Wildman–Crippen MR) is 79.1 cm³/mol. The molecule has 0 heterocycles. The Morgan fingerprint density at radius 3 is 2.63 bits per heavy atom. The molecule has 3 heteroatoms. The fourth-order valence-electron chi connectivity index (χ4n) is 1.82.